The van der Waals surface area contributed by atoms with Gasteiger partial charge in [-0.05, 0) is 43.9 Å². The van der Waals surface area contributed by atoms with Crippen LogP contribution in [0.25, 0.3) is 0 Å². The molecule has 1 aliphatic carbocycles. The highest BCUT2D eigenvalue weighted by molar-refractivity contribution is 6.02. The van der Waals surface area contributed by atoms with E-state index in [4.69, 9.17) is 10.9 Å². The molecule has 0 heterocycles. The molecule has 1 fully saturated rings. The average molecular weight is 301 g/mol. The molecule has 0 saturated heterocycles. The number of hydrogen-bond donors (Lipinski definition) is 2. The Bertz CT molecular complexity index is 553. The van der Waals surface area contributed by atoms with Crippen molar-refractivity contribution in [2.75, 3.05) is 11.9 Å². The summed E-state index contributed by atoms with van der Waals surface area (Å²) in [5, 5.41) is 11.7. The summed E-state index contributed by atoms with van der Waals surface area (Å²) in [5.41, 5.74) is 5.33. The molecule has 1 atom stereocenters. The van der Waals surface area contributed by atoms with Gasteiger partial charge in [0.25, 0.3) is 0 Å². The fourth-order valence-electron chi connectivity index (χ4n) is 2.39. The van der Waals surface area contributed by atoms with Gasteiger partial charge in [-0.25, -0.2) is 0 Å². The lowest BCUT2D eigenvalue weighted by molar-refractivity contribution is -0.137. The zero-order chi connectivity index (χ0) is 15.8. The SMILES string of the molecule is CC(C1CC1)N(C)c1ccc(C(F)(F)F)cc1/C(N)=N/O. The minimum absolute atomic E-state index is 0.0855. The summed E-state index contributed by atoms with van der Waals surface area (Å²) >= 11 is 0. The Morgan fingerprint density at radius 1 is 1.43 bits per heavy atom. The van der Waals surface area contributed by atoms with Crippen LogP contribution in [0.1, 0.15) is 30.9 Å². The Labute approximate surface area is 121 Å². The van der Waals surface area contributed by atoms with Crippen LogP contribution < -0.4 is 10.6 Å². The maximum Gasteiger partial charge on any atom is 0.416 e. The molecule has 0 spiro atoms. The van der Waals surface area contributed by atoms with Crippen molar-refractivity contribution < 1.29 is 18.4 Å². The molecule has 0 aromatic heterocycles. The van der Waals surface area contributed by atoms with Gasteiger partial charge >= 0.3 is 6.18 Å². The quantitative estimate of drug-likeness (QED) is 0.389. The van der Waals surface area contributed by atoms with Gasteiger partial charge in [-0.2, -0.15) is 13.2 Å². The first-order chi connectivity index (χ1) is 9.75. The molecule has 21 heavy (non-hydrogen) atoms. The lowest BCUT2D eigenvalue weighted by Gasteiger charge is -2.29. The van der Waals surface area contributed by atoms with E-state index < -0.39 is 11.7 Å². The van der Waals surface area contributed by atoms with Crippen molar-refractivity contribution in [1.82, 2.24) is 0 Å². The summed E-state index contributed by atoms with van der Waals surface area (Å²) in [6, 6.07) is 3.49. The van der Waals surface area contributed by atoms with E-state index in [1.165, 1.54) is 6.07 Å². The number of alkyl halides is 3. The minimum atomic E-state index is -4.47. The fourth-order valence-corrected chi connectivity index (χ4v) is 2.39. The highest BCUT2D eigenvalue weighted by Gasteiger charge is 2.34. The third-order valence-corrected chi connectivity index (χ3v) is 4.00. The van der Waals surface area contributed by atoms with Crippen molar-refractivity contribution in [3.63, 3.8) is 0 Å². The first-order valence-electron chi connectivity index (χ1n) is 6.67. The van der Waals surface area contributed by atoms with Crippen LogP contribution in [-0.4, -0.2) is 24.1 Å². The van der Waals surface area contributed by atoms with E-state index in [1.54, 1.807) is 7.05 Å². The van der Waals surface area contributed by atoms with E-state index in [0.29, 0.717) is 11.6 Å². The molecular weight excluding hydrogens is 283 g/mol. The number of nitrogens with two attached hydrogens (primary N) is 1. The smallest absolute Gasteiger partial charge is 0.409 e. The first-order valence-corrected chi connectivity index (χ1v) is 6.67. The third-order valence-electron chi connectivity index (χ3n) is 4.00. The van der Waals surface area contributed by atoms with Crippen LogP contribution in [0.5, 0.6) is 0 Å². The normalized spacial score (nSPS) is 17.7. The van der Waals surface area contributed by atoms with Crippen LogP contribution in [0.15, 0.2) is 23.4 Å². The summed E-state index contributed by atoms with van der Waals surface area (Å²) in [4.78, 5) is 1.88. The van der Waals surface area contributed by atoms with Crippen LogP contribution >= 0.6 is 0 Å². The largest absolute Gasteiger partial charge is 0.416 e. The summed E-state index contributed by atoms with van der Waals surface area (Å²) < 4.78 is 38.4. The number of anilines is 1. The fraction of sp³-hybridized carbons (Fsp3) is 0.500. The zero-order valence-electron chi connectivity index (χ0n) is 11.9. The number of rotatable bonds is 4. The number of amidine groups is 1. The van der Waals surface area contributed by atoms with Gasteiger partial charge in [-0.1, -0.05) is 5.16 Å². The minimum Gasteiger partial charge on any atom is -0.409 e. The van der Waals surface area contributed by atoms with E-state index in [9.17, 15) is 13.2 Å². The second-order valence-electron chi connectivity index (χ2n) is 5.40. The molecule has 4 nitrogen and oxygen atoms in total. The summed E-state index contributed by atoms with van der Waals surface area (Å²) in [7, 11) is 1.81. The molecule has 3 N–H and O–H groups in total. The van der Waals surface area contributed by atoms with Crippen LogP contribution in [0.2, 0.25) is 0 Å². The van der Waals surface area contributed by atoms with Crippen LogP contribution in [0, 0.1) is 5.92 Å². The van der Waals surface area contributed by atoms with E-state index in [0.717, 1.165) is 25.0 Å². The van der Waals surface area contributed by atoms with Crippen molar-refractivity contribution in [2.24, 2.45) is 16.8 Å². The highest BCUT2D eigenvalue weighted by atomic mass is 19.4. The number of oxime groups is 1. The van der Waals surface area contributed by atoms with E-state index >= 15 is 0 Å². The van der Waals surface area contributed by atoms with Gasteiger partial charge in [0, 0.05) is 24.3 Å². The summed E-state index contributed by atoms with van der Waals surface area (Å²) in [5.74, 6) is 0.211. The molecule has 0 amide bonds. The average Bonchev–Trinajstić information content (AvgIpc) is 3.27. The van der Waals surface area contributed by atoms with E-state index in [2.05, 4.69) is 5.16 Å². The molecule has 2 rings (SSSR count). The molecule has 0 bridgehead atoms. The number of hydrogen-bond acceptors (Lipinski definition) is 3. The van der Waals surface area contributed by atoms with Gasteiger partial charge < -0.3 is 15.8 Å². The van der Waals surface area contributed by atoms with Crippen molar-refractivity contribution in [1.29, 1.82) is 0 Å². The molecule has 1 aliphatic rings. The lowest BCUT2D eigenvalue weighted by atomic mass is 10.0. The van der Waals surface area contributed by atoms with E-state index in [-0.39, 0.29) is 17.4 Å². The Hall–Kier alpha value is -1.92. The third kappa shape index (κ3) is 3.22. The standard InChI is InChI=1S/C14H18F3N3O/c1-8(9-3-4-9)20(2)12-6-5-10(14(15,16)17)7-11(12)13(18)19-21/h5-9,21H,3-4H2,1-2H3,(H2,18,19). The summed E-state index contributed by atoms with van der Waals surface area (Å²) in [6.07, 6.45) is -2.24. The van der Waals surface area contributed by atoms with Gasteiger partial charge in [-0.3, -0.25) is 0 Å². The number of benzene rings is 1. The van der Waals surface area contributed by atoms with Gasteiger partial charge in [0.1, 0.15) is 0 Å². The maximum absolute atomic E-state index is 12.8. The lowest BCUT2D eigenvalue weighted by Crippen LogP contribution is -2.33. The number of halogens is 3. The highest BCUT2D eigenvalue weighted by Crippen LogP contribution is 2.38. The predicted octanol–water partition coefficient (Wildman–Crippen LogP) is 3.03. The predicted molar refractivity (Wildman–Crippen MR) is 74.5 cm³/mol. The Morgan fingerprint density at radius 3 is 2.52 bits per heavy atom. The topological polar surface area (TPSA) is 61.8 Å². The Morgan fingerprint density at radius 2 is 2.05 bits per heavy atom. The van der Waals surface area contributed by atoms with Gasteiger partial charge in [0.2, 0.25) is 0 Å². The molecular formula is C14H18F3N3O. The van der Waals surface area contributed by atoms with E-state index in [1.807, 2.05) is 11.8 Å². The second kappa shape index (κ2) is 5.46. The Balaban J connectivity index is 2.44. The maximum atomic E-state index is 12.8. The van der Waals surface area contributed by atoms with Crippen LogP contribution in [-0.2, 0) is 6.18 Å². The second-order valence-corrected chi connectivity index (χ2v) is 5.40. The van der Waals surface area contributed by atoms with Gasteiger partial charge in [0.15, 0.2) is 5.84 Å². The molecule has 1 unspecified atom stereocenters. The van der Waals surface area contributed by atoms with Crippen molar-refractivity contribution in [3.05, 3.63) is 29.3 Å². The van der Waals surface area contributed by atoms with Crippen molar-refractivity contribution in [2.45, 2.75) is 32.0 Å². The molecule has 1 aromatic carbocycles. The van der Waals surface area contributed by atoms with Crippen molar-refractivity contribution >= 4 is 11.5 Å². The monoisotopic (exact) mass is 301 g/mol. The van der Waals surface area contributed by atoms with Crippen molar-refractivity contribution in [3.8, 4) is 0 Å². The Kier molecular flexibility index (Phi) is 4.02. The summed E-state index contributed by atoms with van der Waals surface area (Å²) in [6.45, 7) is 2.02. The van der Waals surface area contributed by atoms with Crippen LogP contribution in [0.3, 0.4) is 0 Å². The van der Waals surface area contributed by atoms with Gasteiger partial charge in [0.05, 0.1) is 5.56 Å². The molecule has 1 saturated carbocycles. The van der Waals surface area contributed by atoms with Gasteiger partial charge in [-0.15, -0.1) is 0 Å². The molecule has 116 valence electrons. The first kappa shape index (κ1) is 15.5. The zero-order valence-corrected chi connectivity index (χ0v) is 11.9. The van der Waals surface area contributed by atoms with Crippen LogP contribution in [0.4, 0.5) is 18.9 Å². The molecule has 1 aromatic rings. The number of nitrogens with zero attached hydrogens (tertiary/aromatic N) is 2. The molecule has 0 aliphatic heterocycles. The molecule has 0 radical (unpaired) electrons. The molecule has 7 heteroatoms.